The summed E-state index contributed by atoms with van der Waals surface area (Å²) in [5.41, 5.74) is 0.291. The lowest BCUT2D eigenvalue weighted by molar-refractivity contribution is -0.141. The molecule has 2 aromatic rings. The molecule has 10 heteroatoms. The highest BCUT2D eigenvalue weighted by Gasteiger charge is 2.32. The Bertz CT molecular complexity index is 912. The summed E-state index contributed by atoms with van der Waals surface area (Å²) in [4.78, 5) is 26.8. The number of halogens is 3. The molecule has 0 heterocycles. The molecule has 0 saturated carbocycles. The van der Waals surface area contributed by atoms with Crippen molar-refractivity contribution >= 4 is 53.2 Å². The van der Waals surface area contributed by atoms with Gasteiger partial charge in [-0.25, -0.2) is 4.79 Å². The quantitative estimate of drug-likeness (QED) is 0.359. The van der Waals surface area contributed by atoms with Gasteiger partial charge in [-0.2, -0.15) is 0 Å². The first-order valence-electron chi connectivity index (χ1n) is 9.78. The Balaban J connectivity index is 0.00000512. The summed E-state index contributed by atoms with van der Waals surface area (Å²) < 4.78 is 10.4. The number of carbonyl (C=O) groups is 2. The number of para-hydroxylation sites is 1. The normalized spacial score (nSPS) is 11.3. The van der Waals surface area contributed by atoms with E-state index in [1.54, 1.807) is 30.3 Å². The van der Waals surface area contributed by atoms with Crippen LogP contribution in [0.15, 0.2) is 36.4 Å². The van der Waals surface area contributed by atoms with Crippen molar-refractivity contribution in [2.45, 2.75) is 25.8 Å². The average molecular weight is 506 g/mol. The minimum atomic E-state index is -0.958. The first-order chi connectivity index (χ1) is 14.8. The van der Waals surface area contributed by atoms with Gasteiger partial charge in [-0.15, -0.1) is 12.4 Å². The zero-order valence-electron chi connectivity index (χ0n) is 18.1. The van der Waals surface area contributed by atoms with E-state index in [9.17, 15) is 14.7 Å². The van der Waals surface area contributed by atoms with E-state index in [0.717, 1.165) is 19.4 Å². The maximum Gasteiger partial charge on any atom is 0.328 e. The molecule has 0 aliphatic heterocycles. The SMILES string of the molecule is CNCCCCOc1c(Cl)cc(C(=O)N(c2ccccc2)[C@@H](C)C(=O)OC)c(O)c1Cl.Cl. The molecule has 0 fully saturated rings. The molecular weight excluding hydrogens is 479 g/mol. The van der Waals surface area contributed by atoms with Crippen LogP contribution < -0.4 is 15.0 Å². The van der Waals surface area contributed by atoms with Crippen molar-refractivity contribution in [3.05, 3.63) is 52.0 Å². The molecule has 0 aliphatic rings. The lowest BCUT2D eigenvalue weighted by Gasteiger charge is -2.28. The predicted molar refractivity (Wildman–Crippen MR) is 129 cm³/mol. The lowest BCUT2D eigenvalue weighted by Crippen LogP contribution is -2.44. The first-order valence-corrected chi connectivity index (χ1v) is 10.5. The van der Waals surface area contributed by atoms with Crippen molar-refractivity contribution in [1.82, 2.24) is 5.32 Å². The van der Waals surface area contributed by atoms with Crippen LogP contribution in [0.2, 0.25) is 10.0 Å². The number of rotatable bonds is 10. The van der Waals surface area contributed by atoms with Crippen LogP contribution in [0.3, 0.4) is 0 Å². The molecule has 0 aromatic heterocycles. The number of phenolic OH excluding ortho intramolecular Hbond substituents is 1. The number of carbonyl (C=O) groups excluding carboxylic acids is 2. The first kappa shape index (κ1) is 27.8. The van der Waals surface area contributed by atoms with E-state index in [2.05, 4.69) is 5.32 Å². The molecule has 0 saturated heterocycles. The van der Waals surface area contributed by atoms with Crippen molar-refractivity contribution in [1.29, 1.82) is 0 Å². The number of unbranched alkanes of at least 4 members (excludes halogenated alkanes) is 1. The summed E-state index contributed by atoms with van der Waals surface area (Å²) in [6, 6.07) is 8.89. The van der Waals surface area contributed by atoms with Crippen molar-refractivity contribution < 1.29 is 24.2 Å². The Labute approximate surface area is 204 Å². The summed E-state index contributed by atoms with van der Waals surface area (Å²) in [6.07, 6.45) is 1.65. The van der Waals surface area contributed by atoms with Gasteiger partial charge in [-0.3, -0.25) is 9.69 Å². The monoisotopic (exact) mass is 504 g/mol. The van der Waals surface area contributed by atoms with Crippen LogP contribution in [0.5, 0.6) is 11.5 Å². The van der Waals surface area contributed by atoms with Crippen LogP contribution in [-0.2, 0) is 9.53 Å². The number of amides is 1. The molecule has 1 amide bonds. The van der Waals surface area contributed by atoms with Gasteiger partial charge in [0.15, 0.2) is 11.5 Å². The van der Waals surface area contributed by atoms with Gasteiger partial charge in [0.1, 0.15) is 11.1 Å². The number of ether oxygens (including phenoxy) is 2. The molecule has 0 unspecified atom stereocenters. The highest BCUT2D eigenvalue weighted by Crippen LogP contribution is 2.42. The second-order valence-electron chi connectivity index (χ2n) is 6.77. The van der Waals surface area contributed by atoms with Crippen LogP contribution in [-0.4, -0.2) is 50.3 Å². The zero-order chi connectivity index (χ0) is 23.0. The Morgan fingerprint density at radius 1 is 1.19 bits per heavy atom. The second-order valence-corrected chi connectivity index (χ2v) is 7.55. The lowest BCUT2D eigenvalue weighted by atomic mass is 10.1. The van der Waals surface area contributed by atoms with Crippen molar-refractivity contribution in [3.8, 4) is 11.5 Å². The molecule has 176 valence electrons. The van der Waals surface area contributed by atoms with Crippen LogP contribution in [0.1, 0.15) is 30.1 Å². The van der Waals surface area contributed by atoms with E-state index in [0.29, 0.717) is 12.3 Å². The molecule has 0 bridgehead atoms. The van der Waals surface area contributed by atoms with Crippen LogP contribution in [0, 0.1) is 0 Å². The second kappa shape index (κ2) is 13.4. The van der Waals surface area contributed by atoms with Crippen molar-refractivity contribution in [2.75, 3.05) is 32.2 Å². The number of anilines is 1. The van der Waals surface area contributed by atoms with Gasteiger partial charge < -0.3 is 19.9 Å². The molecule has 2 rings (SSSR count). The van der Waals surface area contributed by atoms with E-state index in [1.807, 2.05) is 7.05 Å². The third-order valence-corrected chi connectivity index (χ3v) is 5.26. The third kappa shape index (κ3) is 6.65. The smallest absolute Gasteiger partial charge is 0.328 e. The van der Waals surface area contributed by atoms with Crippen LogP contribution in [0.4, 0.5) is 5.69 Å². The fraction of sp³-hybridized carbons (Fsp3) is 0.364. The summed E-state index contributed by atoms with van der Waals surface area (Å²) in [5.74, 6) is -1.64. The maximum absolute atomic E-state index is 13.4. The molecule has 1 atom stereocenters. The molecule has 32 heavy (non-hydrogen) atoms. The van der Waals surface area contributed by atoms with Crippen molar-refractivity contribution in [2.24, 2.45) is 0 Å². The van der Waals surface area contributed by atoms with Gasteiger partial charge in [-0.05, 0) is 51.6 Å². The summed E-state index contributed by atoms with van der Waals surface area (Å²) in [7, 11) is 3.10. The van der Waals surface area contributed by atoms with E-state index in [1.165, 1.54) is 25.0 Å². The Kier molecular flexibility index (Phi) is 11.6. The molecule has 7 nitrogen and oxygen atoms in total. The highest BCUT2D eigenvalue weighted by molar-refractivity contribution is 6.39. The number of hydrogen-bond acceptors (Lipinski definition) is 6. The fourth-order valence-electron chi connectivity index (χ4n) is 2.98. The minimum Gasteiger partial charge on any atom is -0.505 e. The maximum atomic E-state index is 13.4. The Hall–Kier alpha value is -2.19. The van der Waals surface area contributed by atoms with Gasteiger partial charge in [0.2, 0.25) is 0 Å². The number of methoxy groups -OCH3 is 1. The topological polar surface area (TPSA) is 88.1 Å². The standard InChI is InChI=1S/C22H26Cl2N2O5.ClH/c1-14(22(29)30-3)26(15-9-5-4-6-10-15)21(28)16-13-17(23)20(18(24)19(16)27)31-12-8-7-11-25-2;/h4-6,9-10,13-14,25,27H,7-8,11-12H2,1-3H3;1H/t14-;/m0./s1. The number of nitrogens with one attached hydrogen (secondary N) is 1. The van der Waals surface area contributed by atoms with E-state index in [4.69, 9.17) is 32.7 Å². The summed E-state index contributed by atoms with van der Waals surface area (Å²) in [5, 5.41) is 13.6. The van der Waals surface area contributed by atoms with Crippen LogP contribution >= 0.6 is 35.6 Å². The molecular formula is C22H27Cl3N2O5. The highest BCUT2D eigenvalue weighted by atomic mass is 35.5. The van der Waals surface area contributed by atoms with Crippen LogP contribution in [0.25, 0.3) is 0 Å². The number of hydrogen-bond donors (Lipinski definition) is 2. The predicted octanol–water partition coefficient (Wildman–Crippen LogP) is 4.71. The van der Waals surface area contributed by atoms with E-state index in [-0.39, 0.29) is 33.8 Å². The Morgan fingerprint density at radius 3 is 2.44 bits per heavy atom. The average Bonchev–Trinajstić information content (AvgIpc) is 2.78. The summed E-state index contributed by atoms with van der Waals surface area (Å²) >= 11 is 12.6. The fourth-order valence-corrected chi connectivity index (χ4v) is 3.54. The summed E-state index contributed by atoms with van der Waals surface area (Å²) in [6.45, 7) is 2.72. The van der Waals surface area contributed by atoms with Gasteiger partial charge in [0, 0.05) is 5.69 Å². The van der Waals surface area contributed by atoms with Crippen molar-refractivity contribution in [3.63, 3.8) is 0 Å². The third-order valence-electron chi connectivity index (χ3n) is 4.63. The van der Waals surface area contributed by atoms with Gasteiger partial charge in [0.25, 0.3) is 5.91 Å². The van der Waals surface area contributed by atoms with Gasteiger partial charge in [-0.1, -0.05) is 41.4 Å². The number of benzene rings is 2. The van der Waals surface area contributed by atoms with Gasteiger partial charge in [0.05, 0.1) is 24.3 Å². The molecule has 0 aliphatic carbocycles. The number of aromatic hydroxyl groups is 1. The molecule has 0 radical (unpaired) electrons. The van der Waals surface area contributed by atoms with E-state index >= 15 is 0 Å². The number of esters is 1. The number of phenols is 1. The molecule has 2 N–H and O–H groups in total. The largest absolute Gasteiger partial charge is 0.505 e. The number of nitrogens with zero attached hydrogens (tertiary/aromatic N) is 1. The van der Waals surface area contributed by atoms with Gasteiger partial charge >= 0.3 is 5.97 Å². The minimum absolute atomic E-state index is 0. The molecule has 0 spiro atoms. The zero-order valence-corrected chi connectivity index (χ0v) is 20.4. The Morgan fingerprint density at radius 2 is 1.84 bits per heavy atom. The molecule has 2 aromatic carbocycles. The van der Waals surface area contributed by atoms with E-state index < -0.39 is 23.7 Å².